The Morgan fingerprint density at radius 2 is 1.81 bits per heavy atom. The van der Waals surface area contributed by atoms with Gasteiger partial charge in [-0.3, -0.25) is 4.79 Å². The first kappa shape index (κ1) is 16.1. The lowest BCUT2D eigenvalue weighted by Gasteiger charge is -2.11. The summed E-state index contributed by atoms with van der Waals surface area (Å²) < 4.78 is 11.1. The van der Waals surface area contributed by atoms with E-state index in [2.05, 4.69) is 4.98 Å². The molecule has 0 saturated heterocycles. The summed E-state index contributed by atoms with van der Waals surface area (Å²) in [4.78, 5) is 26.3. The van der Waals surface area contributed by atoms with E-state index < -0.39 is 0 Å². The van der Waals surface area contributed by atoms with Crippen molar-refractivity contribution in [3.63, 3.8) is 0 Å². The van der Waals surface area contributed by atoms with Gasteiger partial charge < -0.3 is 14.1 Å². The van der Waals surface area contributed by atoms with Gasteiger partial charge in [0, 0.05) is 28.5 Å². The van der Waals surface area contributed by atoms with E-state index in [1.807, 2.05) is 38.1 Å². The molecule has 4 rings (SSSR count). The van der Waals surface area contributed by atoms with Crippen molar-refractivity contribution in [1.29, 1.82) is 0 Å². The monoisotopic (exact) mass is 347 g/mol. The molecule has 0 radical (unpaired) electrons. The summed E-state index contributed by atoms with van der Waals surface area (Å²) in [7, 11) is 0. The van der Waals surface area contributed by atoms with E-state index in [0.29, 0.717) is 11.3 Å². The third kappa shape index (κ3) is 2.88. The summed E-state index contributed by atoms with van der Waals surface area (Å²) in [5.41, 5.74) is 3.51. The minimum Gasteiger partial charge on any atom is -0.489 e. The summed E-state index contributed by atoms with van der Waals surface area (Å²) in [5, 5.41) is 1.79. The standard InChI is InChI=1S/C21H17NO4/c1-12-4-3-5-16-14(9-19(23)22-21(12)16)11-25-15-6-7-18-17(10-15)13(2)8-20(24)26-18/h3-10H,11H2,1-2H3,(H,22,23). The predicted molar refractivity (Wildman–Crippen MR) is 101 cm³/mol. The van der Waals surface area contributed by atoms with Crippen molar-refractivity contribution >= 4 is 21.9 Å². The van der Waals surface area contributed by atoms with E-state index in [1.54, 1.807) is 18.2 Å². The fourth-order valence-electron chi connectivity index (χ4n) is 3.17. The molecule has 2 aromatic carbocycles. The van der Waals surface area contributed by atoms with Crippen LogP contribution in [0, 0.1) is 13.8 Å². The van der Waals surface area contributed by atoms with Crippen LogP contribution >= 0.6 is 0 Å². The van der Waals surface area contributed by atoms with Gasteiger partial charge in [-0.2, -0.15) is 0 Å². The molecule has 0 aliphatic carbocycles. The number of pyridine rings is 1. The summed E-state index contributed by atoms with van der Waals surface area (Å²) >= 11 is 0. The van der Waals surface area contributed by atoms with Crippen LogP contribution in [0.4, 0.5) is 0 Å². The molecule has 0 amide bonds. The number of aromatic amines is 1. The normalized spacial score (nSPS) is 11.2. The van der Waals surface area contributed by atoms with Gasteiger partial charge in [0.1, 0.15) is 17.9 Å². The molecule has 0 aliphatic rings. The molecule has 0 atom stereocenters. The number of rotatable bonds is 3. The number of benzene rings is 2. The van der Waals surface area contributed by atoms with Gasteiger partial charge in [0.25, 0.3) is 0 Å². The first-order valence-corrected chi connectivity index (χ1v) is 8.30. The van der Waals surface area contributed by atoms with Crippen LogP contribution in [0.3, 0.4) is 0 Å². The van der Waals surface area contributed by atoms with Crippen molar-refractivity contribution in [1.82, 2.24) is 4.98 Å². The number of hydrogen-bond donors (Lipinski definition) is 1. The molecule has 130 valence electrons. The van der Waals surface area contributed by atoms with E-state index >= 15 is 0 Å². The molecule has 5 heteroatoms. The summed E-state index contributed by atoms with van der Waals surface area (Å²) in [6, 6.07) is 14.2. The Labute approximate surface area is 148 Å². The second-order valence-corrected chi connectivity index (χ2v) is 6.35. The van der Waals surface area contributed by atoms with Crippen molar-refractivity contribution in [2.45, 2.75) is 20.5 Å². The van der Waals surface area contributed by atoms with E-state index in [9.17, 15) is 9.59 Å². The summed E-state index contributed by atoms with van der Waals surface area (Å²) in [6.45, 7) is 4.09. The van der Waals surface area contributed by atoms with E-state index in [-0.39, 0.29) is 17.8 Å². The number of nitrogens with one attached hydrogen (secondary N) is 1. The van der Waals surface area contributed by atoms with Crippen LogP contribution in [0.25, 0.3) is 21.9 Å². The second kappa shape index (κ2) is 6.19. The van der Waals surface area contributed by atoms with Gasteiger partial charge in [-0.15, -0.1) is 0 Å². The van der Waals surface area contributed by atoms with Crippen molar-refractivity contribution < 1.29 is 9.15 Å². The van der Waals surface area contributed by atoms with Crippen LogP contribution < -0.4 is 15.9 Å². The molecule has 0 spiro atoms. The number of H-pyrrole nitrogens is 1. The Balaban J connectivity index is 1.71. The Bertz CT molecular complexity index is 1250. The molecular weight excluding hydrogens is 330 g/mol. The zero-order valence-corrected chi connectivity index (χ0v) is 14.5. The quantitative estimate of drug-likeness (QED) is 0.572. The van der Waals surface area contributed by atoms with E-state index in [0.717, 1.165) is 33.0 Å². The molecule has 0 saturated carbocycles. The van der Waals surface area contributed by atoms with Gasteiger partial charge in [0.15, 0.2) is 0 Å². The average molecular weight is 347 g/mol. The second-order valence-electron chi connectivity index (χ2n) is 6.35. The fourth-order valence-corrected chi connectivity index (χ4v) is 3.17. The molecular formula is C21H17NO4. The SMILES string of the molecule is Cc1cc(=O)oc2ccc(OCc3cc(=O)[nH]c4c(C)cccc34)cc12. The number of aryl methyl sites for hydroxylation is 2. The largest absolute Gasteiger partial charge is 0.489 e. The zero-order valence-electron chi connectivity index (χ0n) is 14.5. The predicted octanol–water partition coefficient (Wildman–Crippen LogP) is 3.83. The number of fused-ring (bicyclic) bond motifs is 2. The number of para-hydroxylation sites is 1. The number of aromatic nitrogens is 1. The molecule has 2 heterocycles. The van der Waals surface area contributed by atoms with Crippen LogP contribution in [-0.2, 0) is 6.61 Å². The van der Waals surface area contributed by atoms with Crippen molar-refractivity contribution in [3.8, 4) is 5.75 Å². The molecule has 4 aromatic rings. The van der Waals surface area contributed by atoms with Crippen LogP contribution in [0.2, 0.25) is 0 Å². The maximum absolute atomic E-state index is 12.0. The molecule has 5 nitrogen and oxygen atoms in total. The van der Waals surface area contributed by atoms with Gasteiger partial charge in [-0.25, -0.2) is 4.79 Å². The molecule has 0 unspecified atom stereocenters. The highest BCUT2D eigenvalue weighted by Gasteiger charge is 2.08. The molecule has 0 aliphatic heterocycles. The minimum atomic E-state index is -0.367. The van der Waals surface area contributed by atoms with Gasteiger partial charge in [0.2, 0.25) is 5.56 Å². The van der Waals surface area contributed by atoms with Crippen LogP contribution in [-0.4, -0.2) is 4.98 Å². The first-order chi connectivity index (χ1) is 12.5. The van der Waals surface area contributed by atoms with Crippen molar-refractivity contribution in [2.24, 2.45) is 0 Å². The smallest absolute Gasteiger partial charge is 0.336 e. The Hall–Kier alpha value is -3.34. The fraction of sp³-hybridized carbons (Fsp3) is 0.143. The van der Waals surface area contributed by atoms with Crippen LogP contribution in [0.1, 0.15) is 16.7 Å². The summed E-state index contributed by atoms with van der Waals surface area (Å²) in [6.07, 6.45) is 0. The molecule has 2 aromatic heterocycles. The van der Waals surface area contributed by atoms with Gasteiger partial charge in [0.05, 0.1) is 5.52 Å². The van der Waals surface area contributed by atoms with Crippen molar-refractivity contribution in [3.05, 3.63) is 86.0 Å². The third-order valence-electron chi connectivity index (χ3n) is 4.49. The maximum Gasteiger partial charge on any atom is 0.336 e. The molecule has 0 bridgehead atoms. The van der Waals surface area contributed by atoms with Crippen molar-refractivity contribution in [2.75, 3.05) is 0 Å². The van der Waals surface area contributed by atoms with Crippen LogP contribution in [0.5, 0.6) is 5.75 Å². The summed E-state index contributed by atoms with van der Waals surface area (Å²) in [5.74, 6) is 0.649. The zero-order chi connectivity index (χ0) is 18.3. The first-order valence-electron chi connectivity index (χ1n) is 8.30. The van der Waals surface area contributed by atoms with Gasteiger partial charge in [-0.1, -0.05) is 18.2 Å². The topological polar surface area (TPSA) is 72.3 Å². The highest BCUT2D eigenvalue weighted by atomic mass is 16.5. The lowest BCUT2D eigenvalue weighted by molar-refractivity contribution is 0.308. The van der Waals surface area contributed by atoms with E-state index in [4.69, 9.17) is 9.15 Å². The lowest BCUT2D eigenvalue weighted by Crippen LogP contribution is -2.09. The average Bonchev–Trinajstić information content (AvgIpc) is 2.60. The molecule has 26 heavy (non-hydrogen) atoms. The Morgan fingerprint density at radius 1 is 0.962 bits per heavy atom. The lowest BCUT2D eigenvalue weighted by atomic mass is 10.1. The highest BCUT2D eigenvalue weighted by Crippen LogP contribution is 2.24. The highest BCUT2D eigenvalue weighted by molar-refractivity contribution is 5.84. The number of hydrogen-bond acceptors (Lipinski definition) is 4. The van der Waals surface area contributed by atoms with Gasteiger partial charge >= 0.3 is 5.63 Å². The van der Waals surface area contributed by atoms with Gasteiger partial charge in [-0.05, 0) is 43.2 Å². The third-order valence-corrected chi connectivity index (χ3v) is 4.49. The minimum absolute atomic E-state index is 0.151. The molecule has 0 fully saturated rings. The Kier molecular flexibility index (Phi) is 3.84. The Morgan fingerprint density at radius 3 is 2.65 bits per heavy atom. The molecule has 1 N–H and O–H groups in total. The van der Waals surface area contributed by atoms with Crippen LogP contribution in [0.15, 0.2) is 62.5 Å². The maximum atomic E-state index is 12.0. The van der Waals surface area contributed by atoms with E-state index in [1.165, 1.54) is 6.07 Å². The number of ether oxygens (including phenoxy) is 1.